The Labute approximate surface area is 173 Å². The summed E-state index contributed by atoms with van der Waals surface area (Å²) in [5, 5.41) is 16.9. The number of nitrogens with zero attached hydrogens (tertiary/aromatic N) is 3. The van der Waals surface area contributed by atoms with Crippen LogP contribution >= 0.6 is 0 Å². The summed E-state index contributed by atoms with van der Waals surface area (Å²) >= 11 is 0. The number of urea groups is 1. The first kappa shape index (κ1) is 19.9. The van der Waals surface area contributed by atoms with Gasteiger partial charge in [0, 0.05) is 24.7 Å². The molecule has 10 heteroatoms. The Morgan fingerprint density at radius 2 is 2.10 bits per heavy atom. The number of hydrogen-bond acceptors (Lipinski definition) is 5. The molecule has 1 aromatic rings. The summed E-state index contributed by atoms with van der Waals surface area (Å²) in [7, 11) is 0. The number of rotatable bonds is 6. The quantitative estimate of drug-likeness (QED) is 0.539. The Balaban J connectivity index is 1.68. The molecule has 2 aliphatic heterocycles. The van der Waals surface area contributed by atoms with E-state index in [9.17, 15) is 24.5 Å². The lowest BCUT2D eigenvalue weighted by molar-refractivity contribution is -0.384. The maximum Gasteiger partial charge on any atom is 0.322 e. The minimum absolute atomic E-state index is 0.124. The maximum absolute atomic E-state index is 13.3. The lowest BCUT2D eigenvalue weighted by Crippen LogP contribution is -2.47. The van der Waals surface area contributed by atoms with Crippen molar-refractivity contribution < 1.29 is 19.3 Å². The first-order valence-corrected chi connectivity index (χ1v) is 9.98. The average molecular weight is 413 g/mol. The van der Waals surface area contributed by atoms with Gasteiger partial charge in [-0.15, -0.1) is 0 Å². The summed E-state index contributed by atoms with van der Waals surface area (Å²) in [5.41, 5.74) is 1.21. The fourth-order valence-electron chi connectivity index (χ4n) is 3.92. The number of hydrogen-bond donors (Lipinski definition) is 2. The second-order valence-electron chi connectivity index (χ2n) is 7.73. The van der Waals surface area contributed by atoms with Crippen LogP contribution in [0.1, 0.15) is 38.3 Å². The fraction of sp³-hybridized carbons (Fsp3) is 0.450. The lowest BCUT2D eigenvalue weighted by atomic mass is 9.95. The minimum atomic E-state index is -0.814. The zero-order chi connectivity index (χ0) is 21.6. The largest absolute Gasteiger partial charge is 0.352 e. The molecule has 0 unspecified atom stereocenters. The molecule has 2 N–H and O–H groups in total. The number of carbonyl (C=O) groups excluding carboxylic acids is 3. The maximum atomic E-state index is 13.3. The van der Waals surface area contributed by atoms with Gasteiger partial charge in [-0.05, 0) is 32.3 Å². The van der Waals surface area contributed by atoms with E-state index in [4.69, 9.17) is 0 Å². The van der Waals surface area contributed by atoms with Crippen molar-refractivity contribution in [1.82, 2.24) is 20.4 Å². The number of nitro groups is 1. The van der Waals surface area contributed by atoms with Gasteiger partial charge >= 0.3 is 6.03 Å². The summed E-state index contributed by atoms with van der Waals surface area (Å²) < 4.78 is 0. The molecular weight excluding hydrogens is 390 g/mol. The second-order valence-corrected chi connectivity index (χ2v) is 7.73. The highest BCUT2D eigenvalue weighted by Gasteiger charge is 2.46. The van der Waals surface area contributed by atoms with Crippen LogP contribution in [0.5, 0.6) is 0 Å². The average Bonchev–Trinajstić information content (AvgIpc) is 3.48. The van der Waals surface area contributed by atoms with E-state index in [2.05, 4.69) is 10.6 Å². The van der Waals surface area contributed by atoms with E-state index in [0.717, 1.165) is 12.8 Å². The highest BCUT2D eigenvalue weighted by atomic mass is 16.6. The Morgan fingerprint density at radius 3 is 2.73 bits per heavy atom. The van der Waals surface area contributed by atoms with E-state index >= 15 is 0 Å². The Hall–Kier alpha value is -3.43. The van der Waals surface area contributed by atoms with Gasteiger partial charge in [-0.1, -0.05) is 12.1 Å². The van der Waals surface area contributed by atoms with Crippen LogP contribution in [0.25, 0.3) is 0 Å². The van der Waals surface area contributed by atoms with Crippen molar-refractivity contribution in [3.63, 3.8) is 0 Å². The molecular formula is C20H23N5O5. The molecule has 4 rings (SSSR count). The fourth-order valence-corrected chi connectivity index (χ4v) is 3.92. The van der Waals surface area contributed by atoms with Crippen molar-refractivity contribution in [2.24, 2.45) is 0 Å². The molecule has 2 atom stereocenters. The molecule has 4 amide bonds. The SMILES string of the molecule is CCN1C(=O)N[C@@H](c2cccc([N+](=O)[O-])c2)C2=C1CN([C@@H](C)C(=O)NC1CC1)C2=O. The normalized spacial score (nSPS) is 22.0. The number of nitro benzene ring substituents is 1. The highest BCUT2D eigenvalue weighted by molar-refractivity contribution is 6.03. The predicted octanol–water partition coefficient (Wildman–Crippen LogP) is 1.44. The van der Waals surface area contributed by atoms with Crippen LogP contribution in [0.4, 0.5) is 10.5 Å². The summed E-state index contributed by atoms with van der Waals surface area (Å²) in [6.45, 7) is 3.96. The monoisotopic (exact) mass is 413 g/mol. The number of nitrogens with one attached hydrogen (secondary N) is 2. The molecule has 3 aliphatic rings. The summed E-state index contributed by atoms with van der Waals surface area (Å²) in [4.78, 5) is 52.1. The summed E-state index contributed by atoms with van der Waals surface area (Å²) in [6.07, 6.45) is 1.89. The van der Waals surface area contributed by atoms with Crippen molar-refractivity contribution >= 4 is 23.5 Å². The van der Waals surface area contributed by atoms with Crippen LogP contribution in [-0.4, -0.2) is 57.7 Å². The zero-order valence-electron chi connectivity index (χ0n) is 16.8. The number of amides is 4. The molecule has 158 valence electrons. The van der Waals surface area contributed by atoms with Gasteiger partial charge in [-0.3, -0.25) is 24.6 Å². The molecule has 0 aromatic heterocycles. The van der Waals surface area contributed by atoms with Crippen molar-refractivity contribution in [1.29, 1.82) is 0 Å². The summed E-state index contributed by atoms with van der Waals surface area (Å²) in [6, 6.07) is 4.17. The van der Waals surface area contributed by atoms with E-state index in [1.807, 2.05) is 0 Å². The van der Waals surface area contributed by atoms with Crippen molar-refractivity contribution in [2.45, 2.75) is 44.8 Å². The molecule has 2 heterocycles. The van der Waals surface area contributed by atoms with Crippen LogP contribution < -0.4 is 10.6 Å². The Bertz CT molecular complexity index is 970. The van der Waals surface area contributed by atoms with Gasteiger partial charge in [-0.25, -0.2) is 4.79 Å². The van der Waals surface area contributed by atoms with Crippen LogP contribution in [0.15, 0.2) is 35.5 Å². The van der Waals surface area contributed by atoms with Crippen molar-refractivity contribution in [2.75, 3.05) is 13.1 Å². The first-order valence-electron chi connectivity index (χ1n) is 9.98. The van der Waals surface area contributed by atoms with Gasteiger partial charge in [-0.2, -0.15) is 0 Å². The van der Waals surface area contributed by atoms with Crippen molar-refractivity contribution in [3.05, 3.63) is 51.2 Å². The number of likely N-dealkylation sites (N-methyl/N-ethyl adjacent to an activating group) is 1. The van der Waals surface area contributed by atoms with Gasteiger partial charge in [0.15, 0.2) is 0 Å². The van der Waals surface area contributed by atoms with Crippen LogP contribution in [0, 0.1) is 10.1 Å². The topological polar surface area (TPSA) is 125 Å². The molecule has 1 aromatic carbocycles. The van der Waals surface area contributed by atoms with E-state index in [0.29, 0.717) is 23.4 Å². The van der Waals surface area contributed by atoms with E-state index in [1.165, 1.54) is 28.0 Å². The van der Waals surface area contributed by atoms with Gasteiger partial charge in [0.25, 0.3) is 11.6 Å². The van der Waals surface area contributed by atoms with E-state index < -0.39 is 17.0 Å². The third-order valence-electron chi connectivity index (χ3n) is 5.75. The molecule has 10 nitrogen and oxygen atoms in total. The third kappa shape index (κ3) is 3.38. The molecule has 0 saturated heterocycles. The van der Waals surface area contributed by atoms with Gasteiger partial charge < -0.3 is 15.5 Å². The minimum Gasteiger partial charge on any atom is -0.352 e. The summed E-state index contributed by atoms with van der Waals surface area (Å²) in [5.74, 6) is -0.571. The van der Waals surface area contributed by atoms with Crippen LogP contribution in [0.2, 0.25) is 0 Å². The lowest BCUT2D eigenvalue weighted by Gasteiger charge is -2.32. The highest BCUT2D eigenvalue weighted by Crippen LogP contribution is 2.37. The Kier molecular flexibility index (Phi) is 4.92. The standard InChI is InChI=1S/C20H23N5O5/c1-3-23-15-10-24(11(2)18(26)21-13-7-8-13)19(27)16(15)17(22-20(23)28)12-5-4-6-14(9-12)25(29)30/h4-6,9,11,13,17H,3,7-8,10H2,1-2H3,(H,21,26)(H,22,28)/t11-,17-/m0/s1. The van der Waals surface area contributed by atoms with E-state index in [-0.39, 0.29) is 36.1 Å². The smallest absolute Gasteiger partial charge is 0.322 e. The Morgan fingerprint density at radius 1 is 1.37 bits per heavy atom. The van der Waals surface area contributed by atoms with Crippen LogP contribution in [-0.2, 0) is 9.59 Å². The van der Waals surface area contributed by atoms with Gasteiger partial charge in [0.05, 0.1) is 28.8 Å². The van der Waals surface area contributed by atoms with Gasteiger partial charge in [0.2, 0.25) is 5.91 Å². The molecule has 1 fully saturated rings. The van der Waals surface area contributed by atoms with Crippen LogP contribution in [0.3, 0.4) is 0 Å². The predicted molar refractivity (Wildman–Crippen MR) is 106 cm³/mol. The molecule has 0 bridgehead atoms. The first-order chi connectivity index (χ1) is 14.3. The molecule has 30 heavy (non-hydrogen) atoms. The second kappa shape index (κ2) is 7.43. The molecule has 0 radical (unpaired) electrons. The van der Waals surface area contributed by atoms with E-state index in [1.54, 1.807) is 19.9 Å². The van der Waals surface area contributed by atoms with Gasteiger partial charge in [0.1, 0.15) is 6.04 Å². The molecule has 1 aliphatic carbocycles. The molecule has 1 saturated carbocycles. The molecule has 0 spiro atoms. The number of benzene rings is 1. The number of non-ortho nitro benzene ring substituents is 1. The number of carbonyl (C=O) groups is 3. The zero-order valence-corrected chi connectivity index (χ0v) is 16.8. The third-order valence-corrected chi connectivity index (χ3v) is 5.75. The van der Waals surface area contributed by atoms with Crippen molar-refractivity contribution in [3.8, 4) is 0 Å².